The van der Waals surface area contributed by atoms with Gasteiger partial charge in [0.15, 0.2) is 6.29 Å². The third-order valence-corrected chi connectivity index (χ3v) is 4.11. The average Bonchev–Trinajstić information content (AvgIpc) is 2.61. The third-order valence-electron chi connectivity index (χ3n) is 4.11. The van der Waals surface area contributed by atoms with Crippen molar-refractivity contribution in [1.29, 1.82) is 0 Å². The van der Waals surface area contributed by atoms with E-state index in [1.165, 1.54) is 24.5 Å². The summed E-state index contributed by atoms with van der Waals surface area (Å²) in [4.78, 5) is 23.2. The maximum absolute atomic E-state index is 12.2. The highest BCUT2D eigenvalue weighted by atomic mass is 19.4. The second-order valence-corrected chi connectivity index (χ2v) is 5.96. The number of hydrogen-bond donors (Lipinski definition) is 0. The van der Waals surface area contributed by atoms with E-state index in [-0.39, 0.29) is 11.8 Å². The van der Waals surface area contributed by atoms with Gasteiger partial charge in [0.05, 0.1) is 5.56 Å². The standard InChI is InChI=1S/C17H17F3N4O2/c1-12-10-23(14-2-4-15(5-3-14)26-17(18,19)20)6-7-24(12)16-21-8-13(11-25)9-22-16/h2-5,8-9,11-12H,6-7,10H2,1H3. The van der Waals surface area contributed by atoms with E-state index in [0.29, 0.717) is 37.4 Å². The SMILES string of the molecule is CC1CN(c2ccc(OC(F)(F)F)cc2)CCN1c1ncc(C=O)cn1. The van der Waals surface area contributed by atoms with E-state index in [1.54, 1.807) is 12.1 Å². The monoisotopic (exact) mass is 366 g/mol. The van der Waals surface area contributed by atoms with Gasteiger partial charge in [0.25, 0.3) is 0 Å². The molecule has 3 rings (SSSR count). The highest BCUT2D eigenvalue weighted by molar-refractivity contribution is 5.73. The molecule has 0 spiro atoms. The molecule has 0 N–H and O–H groups in total. The van der Waals surface area contributed by atoms with Crippen molar-refractivity contribution >= 4 is 17.9 Å². The van der Waals surface area contributed by atoms with Crippen molar-refractivity contribution in [3.05, 3.63) is 42.2 Å². The molecule has 9 heteroatoms. The summed E-state index contributed by atoms with van der Waals surface area (Å²) in [5, 5.41) is 0. The van der Waals surface area contributed by atoms with Crippen LogP contribution >= 0.6 is 0 Å². The maximum Gasteiger partial charge on any atom is 0.573 e. The normalized spacial score (nSPS) is 17.9. The number of alkyl halides is 3. The molecule has 1 atom stereocenters. The Labute approximate surface area is 148 Å². The first-order valence-electron chi connectivity index (χ1n) is 8.00. The molecule has 1 aliphatic heterocycles. The van der Waals surface area contributed by atoms with E-state index in [4.69, 9.17) is 0 Å². The first-order chi connectivity index (χ1) is 12.4. The van der Waals surface area contributed by atoms with E-state index in [2.05, 4.69) is 19.6 Å². The minimum absolute atomic E-state index is 0.0944. The summed E-state index contributed by atoms with van der Waals surface area (Å²) in [6.07, 6.45) is -1.04. The van der Waals surface area contributed by atoms with Crippen LogP contribution in [0.5, 0.6) is 5.75 Å². The number of benzene rings is 1. The fourth-order valence-corrected chi connectivity index (χ4v) is 2.89. The number of rotatable bonds is 4. The smallest absolute Gasteiger partial charge is 0.406 e. The molecule has 138 valence electrons. The van der Waals surface area contributed by atoms with Crippen LogP contribution in [-0.2, 0) is 0 Å². The minimum atomic E-state index is -4.69. The van der Waals surface area contributed by atoms with Gasteiger partial charge in [0.1, 0.15) is 5.75 Å². The molecule has 6 nitrogen and oxygen atoms in total. The molecular weight excluding hydrogens is 349 g/mol. The summed E-state index contributed by atoms with van der Waals surface area (Å²) in [6.45, 7) is 4.01. The summed E-state index contributed by atoms with van der Waals surface area (Å²) < 4.78 is 40.6. The van der Waals surface area contributed by atoms with Crippen LogP contribution in [0.25, 0.3) is 0 Å². The Balaban J connectivity index is 1.65. The quantitative estimate of drug-likeness (QED) is 0.776. The summed E-state index contributed by atoms with van der Waals surface area (Å²) >= 11 is 0. The van der Waals surface area contributed by atoms with Crippen LogP contribution in [0.3, 0.4) is 0 Å². The van der Waals surface area contributed by atoms with Gasteiger partial charge in [-0.2, -0.15) is 0 Å². The van der Waals surface area contributed by atoms with E-state index in [1.807, 2.05) is 11.8 Å². The molecule has 1 unspecified atom stereocenters. The number of halogens is 3. The van der Waals surface area contributed by atoms with E-state index in [9.17, 15) is 18.0 Å². The zero-order valence-electron chi connectivity index (χ0n) is 14.0. The number of anilines is 2. The number of aromatic nitrogens is 2. The van der Waals surface area contributed by atoms with E-state index < -0.39 is 6.36 Å². The van der Waals surface area contributed by atoms with Crippen molar-refractivity contribution < 1.29 is 22.7 Å². The fourth-order valence-electron chi connectivity index (χ4n) is 2.89. The predicted molar refractivity (Wildman–Crippen MR) is 89.6 cm³/mol. The number of nitrogens with zero attached hydrogens (tertiary/aromatic N) is 4. The average molecular weight is 366 g/mol. The van der Waals surface area contributed by atoms with E-state index >= 15 is 0 Å². The molecule has 1 saturated heterocycles. The molecule has 0 bridgehead atoms. The Morgan fingerprint density at radius 2 is 1.81 bits per heavy atom. The zero-order valence-corrected chi connectivity index (χ0v) is 14.0. The molecule has 1 fully saturated rings. The van der Waals surface area contributed by atoms with Gasteiger partial charge in [-0.3, -0.25) is 4.79 Å². The second kappa shape index (κ2) is 7.19. The van der Waals surface area contributed by atoms with Crippen molar-refractivity contribution in [3.8, 4) is 5.75 Å². The van der Waals surface area contributed by atoms with Crippen LogP contribution in [0.15, 0.2) is 36.7 Å². The Morgan fingerprint density at radius 1 is 1.15 bits per heavy atom. The largest absolute Gasteiger partial charge is 0.573 e. The van der Waals surface area contributed by atoms with E-state index in [0.717, 1.165) is 5.69 Å². The number of piperazine rings is 1. The molecule has 0 amide bonds. The van der Waals surface area contributed by atoms with Crippen molar-refractivity contribution in [2.24, 2.45) is 0 Å². The topological polar surface area (TPSA) is 58.6 Å². The predicted octanol–water partition coefficient (Wildman–Crippen LogP) is 2.90. The molecule has 1 aliphatic rings. The third kappa shape index (κ3) is 4.22. The van der Waals surface area contributed by atoms with Gasteiger partial charge in [-0.25, -0.2) is 9.97 Å². The van der Waals surface area contributed by atoms with Gasteiger partial charge >= 0.3 is 6.36 Å². The Morgan fingerprint density at radius 3 is 2.35 bits per heavy atom. The highest BCUT2D eigenvalue weighted by Gasteiger charge is 2.31. The summed E-state index contributed by atoms with van der Waals surface area (Å²) in [5.41, 5.74) is 1.24. The Hall–Kier alpha value is -2.84. The van der Waals surface area contributed by atoms with Crippen LogP contribution in [0, 0.1) is 0 Å². The van der Waals surface area contributed by atoms with Gasteiger partial charge in [-0.05, 0) is 31.2 Å². The van der Waals surface area contributed by atoms with Crippen LogP contribution in [0.1, 0.15) is 17.3 Å². The van der Waals surface area contributed by atoms with Gasteiger partial charge < -0.3 is 14.5 Å². The number of ether oxygens (including phenoxy) is 1. The number of hydrogen-bond acceptors (Lipinski definition) is 6. The molecule has 2 heterocycles. The lowest BCUT2D eigenvalue weighted by molar-refractivity contribution is -0.274. The number of aldehydes is 1. The molecule has 2 aromatic rings. The lowest BCUT2D eigenvalue weighted by Gasteiger charge is -2.41. The first-order valence-corrected chi connectivity index (χ1v) is 8.00. The second-order valence-electron chi connectivity index (χ2n) is 5.96. The first kappa shape index (κ1) is 18.0. The zero-order chi connectivity index (χ0) is 18.7. The van der Waals surface area contributed by atoms with Gasteiger partial charge in [-0.1, -0.05) is 0 Å². The molecule has 26 heavy (non-hydrogen) atoms. The summed E-state index contributed by atoms with van der Waals surface area (Å²) in [7, 11) is 0. The lowest BCUT2D eigenvalue weighted by atomic mass is 10.1. The van der Waals surface area contributed by atoms with Crippen molar-refractivity contribution in [3.63, 3.8) is 0 Å². The summed E-state index contributed by atoms with van der Waals surface area (Å²) in [6, 6.07) is 5.93. The van der Waals surface area contributed by atoms with Crippen molar-refractivity contribution in [1.82, 2.24) is 9.97 Å². The fraction of sp³-hybridized carbons (Fsp3) is 0.353. The molecular formula is C17H17F3N4O2. The van der Waals surface area contributed by atoms with Gasteiger partial charge in [0, 0.05) is 43.8 Å². The molecule has 0 radical (unpaired) electrons. The van der Waals surface area contributed by atoms with Crippen LogP contribution in [0.2, 0.25) is 0 Å². The number of carbonyl (C=O) groups excluding carboxylic acids is 1. The van der Waals surface area contributed by atoms with Crippen molar-refractivity contribution in [2.75, 3.05) is 29.4 Å². The molecule has 1 aromatic carbocycles. The maximum atomic E-state index is 12.2. The Bertz CT molecular complexity index is 750. The molecule has 0 saturated carbocycles. The van der Waals surface area contributed by atoms with Gasteiger partial charge in [0.2, 0.25) is 5.95 Å². The van der Waals surface area contributed by atoms with Crippen LogP contribution in [0.4, 0.5) is 24.8 Å². The van der Waals surface area contributed by atoms with Crippen LogP contribution < -0.4 is 14.5 Å². The van der Waals surface area contributed by atoms with Crippen LogP contribution in [-0.4, -0.2) is 48.3 Å². The minimum Gasteiger partial charge on any atom is -0.406 e. The Kier molecular flexibility index (Phi) is 4.97. The molecule has 0 aliphatic carbocycles. The van der Waals surface area contributed by atoms with Crippen molar-refractivity contribution in [2.45, 2.75) is 19.3 Å². The summed E-state index contributed by atoms with van der Waals surface area (Å²) in [5.74, 6) is 0.313. The lowest BCUT2D eigenvalue weighted by Crippen LogP contribution is -2.52. The number of carbonyl (C=O) groups is 1. The van der Waals surface area contributed by atoms with Gasteiger partial charge in [-0.15, -0.1) is 13.2 Å². The molecule has 1 aromatic heterocycles. The highest BCUT2D eigenvalue weighted by Crippen LogP contribution is 2.27.